The van der Waals surface area contributed by atoms with E-state index in [9.17, 15) is 0 Å². The molecule has 0 radical (unpaired) electrons. The highest BCUT2D eigenvalue weighted by molar-refractivity contribution is 7.11. The van der Waals surface area contributed by atoms with Crippen molar-refractivity contribution in [3.63, 3.8) is 0 Å². The third kappa shape index (κ3) is 2.60. The molecule has 0 fully saturated rings. The van der Waals surface area contributed by atoms with E-state index in [0.29, 0.717) is 10.0 Å². The highest BCUT2D eigenvalue weighted by Crippen LogP contribution is 2.37. The van der Waals surface area contributed by atoms with Crippen LogP contribution >= 0.6 is 34.5 Å². The van der Waals surface area contributed by atoms with Crippen molar-refractivity contribution >= 4 is 34.5 Å². The Morgan fingerprint density at radius 1 is 1.35 bits per heavy atom. The number of benzene rings is 1. The maximum Gasteiger partial charge on any atom is 0.115 e. The van der Waals surface area contributed by atoms with Crippen LogP contribution in [0.25, 0.3) is 0 Å². The lowest BCUT2D eigenvalue weighted by atomic mass is 10.1. The molecule has 0 bridgehead atoms. The highest BCUT2D eigenvalue weighted by Gasteiger charge is 2.24. The third-order valence-corrected chi connectivity index (χ3v) is 5.62. The van der Waals surface area contributed by atoms with Gasteiger partial charge in [-0.2, -0.15) is 0 Å². The molecule has 0 spiro atoms. The van der Waals surface area contributed by atoms with Gasteiger partial charge < -0.3 is 5.32 Å². The van der Waals surface area contributed by atoms with Crippen LogP contribution in [-0.2, 0) is 12.8 Å². The number of thiazole rings is 1. The van der Waals surface area contributed by atoms with Crippen LogP contribution in [0.4, 0.5) is 0 Å². The first kappa shape index (κ1) is 14.3. The van der Waals surface area contributed by atoms with Crippen LogP contribution in [-0.4, -0.2) is 11.5 Å². The number of halogens is 2. The lowest BCUT2D eigenvalue weighted by Crippen LogP contribution is -2.22. The van der Waals surface area contributed by atoms with Gasteiger partial charge in [0.15, 0.2) is 0 Å². The summed E-state index contributed by atoms with van der Waals surface area (Å²) in [6, 6.07) is 5.81. The molecule has 0 amide bonds. The van der Waals surface area contributed by atoms with E-state index in [2.05, 4.69) is 12.2 Å². The maximum atomic E-state index is 6.37. The van der Waals surface area contributed by atoms with Crippen molar-refractivity contribution in [2.75, 3.05) is 6.54 Å². The van der Waals surface area contributed by atoms with Gasteiger partial charge in [0.2, 0.25) is 0 Å². The molecule has 1 aromatic carbocycles. The minimum absolute atomic E-state index is 0.0294. The fraction of sp³-hybridized carbons (Fsp3) is 0.400. The lowest BCUT2D eigenvalue weighted by molar-refractivity contribution is 0.625. The fourth-order valence-electron chi connectivity index (χ4n) is 2.61. The normalized spacial score (nSPS) is 15.3. The summed E-state index contributed by atoms with van der Waals surface area (Å²) in [6.45, 7) is 2.95. The third-order valence-electron chi connectivity index (χ3n) is 3.56. The summed E-state index contributed by atoms with van der Waals surface area (Å²) >= 11 is 14.3. The van der Waals surface area contributed by atoms with Crippen LogP contribution in [0.15, 0.2) is 18.2 Å². The number of hydrogen-bond donors (Lipinski definition) is 1. The van der Waals surface area contributed by atoms with E-state index in [-0.39, 0.29) is 6.04 Å². The largest absolute Gasteiger partial charge is 0.304 e. The quantitative estimate of drug-likeness (QED) is 0.885. The zero-order chi connectivity index (χ0) is 14.1. The Balaban J connectivity index is 2.01. The van der Waals surface area contributed by atoms with Crippen LogP contribution in [0.5, 0.6) is 0 Å². The van der Waals surface area contributed by atoms with Gasteiger partial charge in [0.1, 0.15) is 5.01 Å². The van der Waals surface area contributed by atoms with Crippen molar-refractivity contribution < 1.29 is 0 Å². The van der Waals surface area contributed by atoms with E-state index >= 15 is 0 Å². The molecule has 1 aliphatic rings. The molecule has 5 heteroatoms. The molecule has 20 heavy (non-hydrogen) atoms. The predicted molar refractivity (Wildman–Crippen MR) is 86.1 cm³/mol. The number of hydrogen-bond acceptors (Lipinski definition) is 3. The van der Waals surface area contributed by atoms with Gasteiger partial charge in [0.25, 0.3) is 0 Å². The Hall–Kier alpha value is -0.610. The molecule has 1 unspecified atom stereocenters. The van der Waals surface area contributed by atoms with Crippen molar-refractivity contribution in [3.05, 3.63) is 49.4 Å². The molecule has 106 valence electrons. The average Bonchev–Trinajstić information content (AvgIpc) is 3.00. The molecule has 1 aliphatic carbocycles. The number of nitrogens with zero attached hydrogens (tertiary/aromatic N) is 1. The van der Waals surface area contributed by atoms with E-state index in [4.69, 9.17) is 28.2 Å². The second kappa shape index (κ2) is 6.02. The van der Waals surface area contributed by atoms with Gasteiger partial charge >= 0.3 is 0 Å². The molecule has 1 atom stereocenters. The van der Waals surface area contributed by atoms with Gasteiger partial charge in [0, 0.05) is 4.88 Å². The van der Waals surface area contributed by atoms with Crippen LogP contribution in [0, 0.1) is 0 Å². The summed E-state index contributed by atoms with van der Waals surface area (Å²) in [6.07, 6.45) is 3.50. The molecule has 1 aromatic heterocycles. The molecular formula is C15H16Cl2N2S. The van der Waals surface area contributed by atoms with Gasteiger partial charge in [-0.25, -0.2) is 4.98 Å². The molecule has 2 aromatic rings. The summed E-state index contributed by atoms with van der Waals surface area (Å²) in [5.41, 5.74) is 2.28. The first-order valence-electron chi connectivity index (χ1n) is 6.86. The van der Waals surface area contributed by atoms with Crippen molar-refractivity contribution in [3.8, 4) is 0 Å². The van der Waals surface area contributed by atoms with Gasteiger partial charge in [0.05, 0.1) is 21.8 Å². The van der Waals surface area contributed by atoms with Gasteiger partial charge in [-0.05, 0) is 37.4 Å². The Kier molecular flexibility index (Phi) is 4.32. The number of fused-ring (bicyclic) bond motifs is 1. The standard InChI is InChI=1S/C15H16Cl2N2S/c1-2-18-14(9-5-3-6-10(16)13(9)17)15-19-11-7-4-8-12(11)20-15/h3,5-6,14,18H,2,4,7-8H2,1H3. The van der Waals surface area contributed by atoms with Crippen LogP contribution in [0.3, 0.4) is 0 Å². The van der Waals surface area contributed by atoms with Crippen molar-refractivity contribution in [2.24, 2.45) is 0 Å². The lowest BCUT2D eigenvalue weighted by Gasteiger charge is -2.18. The van der Waals surface area contributed by atoms with Crippen LogP contribution in [0.1, 0.15) is 40.5 Å². The van der Waals surface area contributed by atoms with E-state index in [0.717, 1.165) is 30.0 Å². The van der Waals surface area contributed by atoms with Crippen LogP contribution < -0.4 is 5.32 Å². The second-order valence-electron chi connectivity index (χ2n) is 4.91. The Labute approximate surface area is 133 Å². The molecule has 2 nitrogen and oxygen atoms in total. The molecule has 0 saturated heterocycles. The van der Waals surface area contributed by atoms with Gasteiger partial charge in [-0.1, -0.05) is 42.3 Å². The van der Waals surface area contributed by atoms with Gasteiger partial charge in [-0.3, -0.25) is 0 Å². The van der Waals surface area contributed by atoms with E-state index < -0.39 is 0 Å². The van der Waals surface area contributed by atoms with E-state index in [1.165, 1.54) is 17.0 Å². The summed E-state index contributed by atoms with van der Waals surface area (Å²) in [4.78, 5) is 6.24. The Morgan fingerprint density at radius 2 is 2.20 bits per heavy atom. The van der Waals surface area contributed by atoms with Crippen molar-refractivity contribution in [1.29, 1.82) is 0 Å². The second-order valence-corrected chi connectivity index (χ2v) is 6.81. The van der Waals surface area contributed by atoms with Gasteiger partial charge in [-0.15, -0.1) is 11.3 Å². The zero-order valence-electron chi connectivity index (χ0n) is 11.2. The first-order valence-corrected chi connectivity index (χ1v) is 8.43. The minimum atomic E-state index is 0.0294. The molecule has 1 N–H and O–H groups in total. The van der Waals surface area contributed by atoms with Crippen molar-refractivity contribution in [1.82, 2.24) is 10.3 Å². The SMILES string of the molecule is CCNC(c1nc2c(s1)CCC2)c1cccc(Cl)c1Cl. The summed E-state index contributed by atoms with van der Waals surface area (Å²) in [5, 5.41) is 5.79. The minimum Gasteiger partial charge on any atom is -0.304 e. The predicted octanol–water partition coefficient (Wildman–Crippen LogP) is 4.64. The molecule has 3 rings (SSSR count). The molecule has 1 heterocycles. The average molecular weight is 327 g/mol. The topological polar surface area (TPSA) is 24.9 Å². The van der Waals surface area contributed by atoms with E-state index in [1.54, 1.807) is 11.3 Å². The smallest absolute Gasteiger partial charge is 0.115 e. The molecule has 0 saturated carbocycles. The number of nitrogens with one attached hydrogen (secondary N) is 1. The van der Waals surface area contributed by atoms with Crippen LogP contribution in [0.2, 0.25) is 10.0 Å². The fourth-order valence-corrected chi connectivity index (χ4v) is 4.28. The maximum absolute atomic E-state index is 6.37. The Morgan fingerprint density at radius 3 is 2.95 bits per heavy atom. The summed E-state index contributed by atoms with van der Waals surface area (Å²) < 4.78 is 0. The zero-order valence-corrected chi connectivity index (χ0v) is 13.6. The number of rotatable bonds is 4. The number of aryl methyl sites for hydroxylation is 2. The molecular weight excluding hydrogens is 311 g/mol. The summed E-state index contributed by atoms with van der Waals surface area (Å²) in [5.74, 6) is 0. The first-order chi connectivity index (χ1) is 9.70. The number of aromatic nitrogens is 1. The van der Waals surface area contributed by atoms with Crippen molar-refractivity contribution in [2.45, 2.75) is 32.2 Å². The van der Waals surface area contributed by atoms with E-state index in [1.807, 2.05) is 18.2 Å². The Bertz CT molecular complexity index is 603. The summed E-state index contributed by atoms with van der Waals surface area (Å²) in [7, 11) is 0. The highest BCUT2D eigenvalue weighted by atomic mass is 35.5. The monoisotopic (exact) mass is 326 g/mol. The molecule has 0 aliphatic heterocycles.